The monoisotopic (exact) mass is 265 g/mol. The number of nitrogens with zero attached hydrogens (tertiary/aromatic N) is 1. The summed E-state index contributed by atoms with van der Waals surface area (Å²) in [6.07, 6.45) is -0.0682. The summed E-state index contributed by atoms with van der Waals surface area (Å²) in [7, 11) is 1.55. The molecule has 19 heavy (non-hydrogen) atoms. The zero-order chi connectivity index (χ0) is 14.3. The highest BCUT2D eigenvalue weighted by Gasteiger charge is 2.16. The van der Waals surface area contributed by atoms with E-state index in [1.807, 2.05) is 19.1 Å². The molecule has 104 valence electrons. The van der Waals surface area contributed by atoms with Crippen LogP contribution in [0.3, 0.4) is 0 Å². The first-order valence-corrected chi connectivity index (χ1v) is 6.11. The number of ether oxygens (including phenoxy) is 1. The van der Waals surface area contributed by atoms with Gasteiger partial charge in [0.15, 0.2) is 0 Å². The number of hydrogen-bond acceptors (Lipinski definition) is 3. The van der Waals surface area contributed by atoms with Crippen LogP contribution in [0.15, 0.2) is 24.3 Å². The molecule has 0 heterocycles. The Labute approximate surface area is 112 Å². The van der Waals surface area contributed by atoms with E-state index < -0.39 is 5.97 Å². The summed E-state index contributed by atoms with van der Waals surface area (Å²) in [5.74, 6) is -1.08. The Morgan fingerprint density at radius 1 is 1.32 bits per heavy atom. The lowest BCUT2D eigenvalue weighted by molar-refractivity contribution is -0.137. The smallest absolute Gasteiger partial charge is 0.305 e. The molecular formula is C14H19NO4. The molecule has 1 rings (SSSR count). The highest BCUT2D eigenvalue weighted by molar-refractivity contribution is 5.94. The fourth-order valence-electron chi connectivity index (χ4n) is 1.71. The van der Waals surface area contributed by atoms with E-state index in [0.29, 0.717) is 18.7 Å². The topological polar surface area (TPSA) is 66.8 Å². The van der Waals surface area contributed by atoms with Gasteiger partial charge >= 0.3 is 5.97 Å². The van der Waals surface area contributed by atoms with E-state index in [-0.39, 0.29) is 18.9 Å². The van der Waals surface area contributed by atoms with Crippen molar-refractivity contribution < 1.29 is 19.4 Å². The Hall–Kier alpha value is -1.88. The third kappa shape index (κ3) is 5.09. The zero-order valence-electron chi connectivity index (χ0n) is 11.3. The maximum atomic E-state index is 12.3. The maximum Gasteiger partial charge on any atom is 0.305 e. The van der Waals surface area contributed by atoms with Gasteiger partial charge in [-0.05, 0) is 19.1 Å². The molecule has 5 nitrogen and oxygen atoms in total. The van der Waals surface area contributed by atoms with Gasteiger partial charge in [-0.1, -0.05) is 17.7 Å². The largest absolute Gasteiger partial charge is 0.481 e. The van der Waals surface area contributed by atoms with Gasteiger partial charge < -0.3 is 14.7 Å². The molecule has 0 atom stereocenters. The van der Waals surface area contributed by atoms with Gasteiger partial charge in [-0.25, -0.2) is 0 Å². The number of aryl methyl sites for hydroxylation is 1. The third-order valence-corrected chi connectivity index (χ3v) is 2.71. The number of carbonyl (C=O) groups is 2. The molecule has 0 aliphatic carbocycles. The fourth-order valence-corrected chi connectivity index (χ4v) is 1.71. The summed E-state index contributed by atoms with van der Waals surface area (Å²) in [5.41, 5.74) is 1.57. The van der Waals surface area contributed by atoms with Crippen LogP contribution in [0, 0.1) is 6.92 Å². The number of carbonyl (C=O) groups excluding carboxylic acids is 1. The Bertz CT molecular complexity index is 445. The number of hydrogen-bond donors (Lipinski definition) is 1. The van der Waals surface area contributed by atoms with Crippen LogP contribution >= 0.6 is 0 Å². The second-order valence-electron chi connectivity index (χ2n) is 4.30. The van der Waals surface area contributed by atoms with Crippen molar-refractivity contribution in [3.63, 3.8) is 0 Å². The number of carboxylic acids is 1. The molecule has 0 aromatic heterocycles. The SMILES string of the molecule is COCCN(CCC(=O)O)C(=O)c1cccc(C)c1. The average Bonchev–Trinajstić information content (AvgIpc) is 2.38. The molecule has 0 radical (unpaired) electrons. The Morgan fingerprint density at radius 2 is 2.05 bits per heavy atom. The van der Waals surface area contributed by atoms with Gasteiger partial charge in [0, 0.05) is 25.8 Å². The Morgan fingerprint density at radius 3 is 2.63 bits per heavy atom. The number of benzene rings is 1. The van der Waals surface area contributed by atoms with E-state index in [1.54, 1.807) is 19.2 Å². The molecule has 1 aromatic carbocycles. The number of aliphatic carboxylic acids is 1. The van der Waals surface area contributed by atoms with Crippen molar-refractivity contribution in [3.8, 4) is 0 Å². The van der Waals surface area contributed by atoms with Gasteiger partial charge in [0.2, 0.25) is 0 Å². The predicted octanol–water partition coefficient (Wildman–Crippen LogP) is 1.56. The van der Waals surface area contributed by atoms with Crippen LogP contribution in [-0.4, -0.2) is 48.7 Å². The minimum Gasteiger partial charge on any atom is -0.481 e. The van der Waals surface area contributed by atoms with Crippen molar-refractivity contribution in [1.82, 2.24) is 4.90 Å². The van der Waals surface area contributed by atoms with Gasteiger partial charge in [-0.15, -0.1) is 0 Å². The van der Waals surface area contributed by atoms with Crippen molar-refractivity contribution >= 4 is 11.9 Å². The van der Waals surface area contributed by atoms with Crippen molar-refractivity contribution in [2.45, 2.75) is 13.3 Å². The Kier molecular flexibility index (Phi) is 6.02. The first kappa shape index (κ1) is 15.2. The molecule has 0 fully saturated rings. The van der Waals surface area contributed by atoms with Crippen molar-refractivity contribution in [3.05, 3.63) is 35.4 Å². The summed E-state index contributed by atoms with van der Waals surface area (Å²) in [6, 6.07) is 7.25. The van der Waals surface area contributed by atoms with Gasteiger partial charge in [0.25, 0.3) is 5.91 Å². The van der Waals surface area contributed by atoms with Crippen molar-refractivity contribution in [2.75, 3.05) is 26.8 Å². The molecule has 1 aromatic rings. The molecule has 0 aliphatic heterocycles. The van der Waals surface area contributed by atoms with E-state index in [9.17, 15) is 9.59 Å². The average molecular weight is 265 g/mol. The molecule has 0 saturated heterocycles. The standard InChI is InChI=1S/C14H19NO4/c1-11-4-3-5-12(10-11)14(18)15(8-9-19-2)7-6-13(16)17/h3-5,10H,6-9H2,1-2H3,(H,16,17). The van der Waals surface area contributed by atoms with Gasteiger partial charge in [0.05, 0.1) is 13.0 Å². The van der Waals surface area contributed by atoms with Crippen LogP contribution in [0.25, 0.3) is 0 Å². The van der Waals surface area contributed by atoms with Gasteiger partial charge in [-0.3, -0.25) is 9.59 Å². The van der Waals surface area contributed by atoms with E-state index in [0.717, 1.165) is 5.56 Å². The lowest BCUT2D eigenvalue weighted by Crippen LogP contribution is -2.35. The van der Waals surface area contributed by atoms with Crippen LogP contribution < -0.4 is 0 Å². The number of carboxylic acid groups (broad SMARTS) is 1. The fraction of sp³-hybridized carbons (Fsp3) is 0.429. The molecule has 0 saturated carbocycles. The maximum absolute atomic E-state index is 12.3. The zero-order valence-corrected chi connectivity index (χ0v) is 11.3. The summed E-state index contributed by atoms with van der Waals surface area (Å²) in [4.78, 5) is 24.4. The third-order valence-electron chi connectivity index (χ3n) is 2.71. The molecular weight excluding hydrogens is 246 g/mol. The van der Waals surface area contributed by atoms with E-state index in [4.69, 9.17) is 9.84 Å². The highest BCUT2D eigenvalue weighted by Crippen LogP contribution is 2.08. The molecule has 5 heteroatoms. The van der Waals surface area contributed by atoms with Crippen LogP contribution in [0.1, 0.15) is 22.3 Å². The molecule has 1 N–H and O–H groups in total. The quantitative estimate of drug-likeness (QED) is 0.812. The summed E-state index contributed by atoms with van der Waals surface area (Å²) < 4.78 is 4.95. The minimum absolute atomic E-state index is 0.0682. The molecule has 0 unspecified atom stereocenters. The van der Waals surface area contributed by atoms with Crippen LogP contribution in [0.5, 0.6) is 0 Å². The lowest BCUT2D eigenvalue weighted by atomic mass is 10.1. The second-order valence-corrected chi connectivity index (χ2v) is 4.30. The van der Waals surface area contributed by atoms with Crippen molar-refractivity contribution in [1.29, 1.82) is 0 Å². The molecule has 0 bridgehead atoms. The minimum atomic E-state index is -0.917. The first-order chi connectivity index (χ1) is 9.04. The summed E-state index contributed by atoms with van der Waals surface area (Å²) in [5, 5.41) is 8.72. The lowest BCUT2D eigenvalue weighted by Gasteiger charge is -2.21. The second kappa shape index (κ2) is 7.53. The molecule has 1 amide bonds. The Balaban J connectivity index is 2.77. The van der Waals surface area contributed by atoms with Gasteiger partial charge in [0.1, 0.15) is 0 Å². The summed E-state index contributed by atoms with van der Waals surface area (Å²) in [6.45, 7) is 2.87. The van der Waals surface area contributed by atoms with E-state index in [2.05, 4.69) is 0 Å². The predicted molar refractivity (Wildman–Crippen MR) is 71.2 cm³/mol. The van der Waals surface area contributed by atoms with Crippen LogP contribution in [0.2, 0.25) is 0 Å². The number of rotatable bonds is 7. The molecule has 0 aliphatic rings. The van der Waals surface area contributed by atoms with Gasteiger partial charge in [-0.2, -0.15) is 0 Å². The van der Waals surface area contributed by atoms with Crippen LogP contribution in [-0.2, 0) is 9.53 Å². The molecule has 0 spiro atoms. The van der Waals surface area contributed by atoms with E-state index >= 15 is 0 Å². The van der Waals surface area contributed by atoms with Crippen LogP contribution in [0.4, 0.5) is 0 Å². The summed E-state index contributed by atoms with van der Waals surface area (Å²) >= 11 is 0. The first-order valence-electron chi connectivity index (χ1n) is 6.11. The number of amides is 1. The highest BCUT2D eigenvalue weighted by atomic mass is 16.5. The van der Waals surface area contributed by atoms with Crippen molar-refractivity contribution in [2.24, 2.45) is 0 Å². The van der Waals surface area contributed by atoms with E-state index in [1.165, 1.54) is 4.90 Å². The number of methoxy groups -OCH3 is 1. The normalized spacial score (nSPS) is 10.2.